The molecule has 0 aliphatic carbocycles. The number of nitrogens with one attached hydrogen (secondary N) is 1. The number of nitrogens with zero attached hydrogens (tertiary/aromatic N) is 1. The topological polar surface area (TPSA) is 41.6 Å². The van der Waals surface area contributed by atoms with E-state index in [0.717, 1.165) is 26.1 Å². The summed E-state index contributed by atoms with van der Waals surface area (Å²) in [7, 11) is 0. The Labute approximate surface area is 120 Å². The number of rotatable bonds is 3. The number of hydrogen-bond acceptors (Lipinski definition) is 3. The molecule has 108 valence electrons. The Hall–Kier alpha value is -1.39. The molecule has 2 atom stereocenters. The van der Waals surface area contributed by atoms with Crippen LogP contribution < -0.4 is 5.32 Å². The Kier molecular flexibility index (Phi) is 4.03. The monoisotopic (exact) mass is 274 g/mol. The van der Waals surface area contributed by atoms with Gasteiger partial charge in [0.15, 0.2) is 0 Å². The van der Waals surface area contributed by atoms with Crippen LogP contribution in [0.15, 0.2) is 24.3 Å². The standard InChI is InChI=1S/C16H22N2O2/c1-12-2-4-13(5-3-12)9-18-10-15(20-11-16(18)19)14-6-7-17-8-14/h2-5,14-15,17H,6-11H2,1H3. The lowest BCUT2D eigenvalue weighted by molar-refractivity contribution is -0.152. The molecular formula is C16H22N2O2. The molecule has 1 aromatic rings. The summed E-state index contributed by atoms with van der Waals surface area (Å²) in [5, 5.41) is 3.37. The molecule has 2 aliphatic heterocycles. The van der Waals surface area contributed by atoms with Gasteiger partial charge in [0, 0.05) is 25.6 Å². The van der Waals surface area contributed by atoms with Gasteiger partial charge in [0.05, 0.1) is 6.10 Å². The van der Waals surface area contributed by atoms with Crippen LogP contribution in [-0.2, 0) is 16.1 Å². The predicted molar refractivity (Wildman–Crippen MR) is 77.3 cm³/mol. The van der Waals surface area contributed by atoms with Crippen LogP contribution in [0.2, 0.25) is 0 Å². The van der Waals surface area contributed by atoms with E-state index in [1.165, 1.54) is 11.1 Å². The van der Waals surface area contributed by atoms with Crippen molar-refractivity contribution in [3.05, 3.63) is 35.4 Å². The number of ether oxygens (including phenoxy) is 1. The normalized spacial score (nSPS) is 27.1. The molecule has 0 spiro atoms. The molecule has 2 heterocycles. The van der Waals surface area contributed by atoms with Crippen molar-refractivity contribution in [3.8, 4) is 0 Å². The highest BCUT2D eigenvalue weighted by molar-refractivity contribution is 5.78. The first kappa shape index (κ1) is 13.6. The number of carbonyl (C=O) groups is 1. The van der Waals surface area contributed by atoms with Gasteiger partial charge in [-0.15, -0.1) is 0 Å². The third-order valence-electron chi connectivity index (χ3n) is 4.29. The van der Waals surface area contributed by atoms with Gasteiger partial charge in [-0.25, -0.2) is 0 Å². The molecule has 0 aromatic heterocycles. The Morgan fingerprint density at radius 1 is 1.35 bits per heavy atom. The first-order valence-electron chi connectivity index (χ1n) is 7.38. The van der Waals surface area contributed by atoms with Gasteiger partial charge in [-0.3, -0.25) is 4.79 Å². The van der Waals surface area contributed by atoms with Gasteiger partial charge in [-0.1, -0.05) is 29.8 Å². The summed E-state index contributed by atoms with van der Waals surface area (Å²) >= 11 is 0. The van der Waals surface area contributed by atoms with Gasteiger partial charge >= 0.3 is 0 Å². The van der Waals surface area contributed by atoms with E-state index in [9.17, 15) is 4.79 Å². The predicted octanol–water partition coefficient (Wildman–Crippen LogP) is 1.33. The summed E-state index contributed by atoms with van der Waals surface area (Å²) in [4.78, 5) is 14.0. The van der Waals surface area contributed by atoms with Gasteiger partial charge < -0.3 is 15.0 Å². The van der Waals surface area contributed by atoms with E-state index in [-0.39, 0.29) is 18.6 Å². The third kappa shape index (κ3) is 3.02. The summed E-state index contributed by atoms with van der Waals surface area (Å²) in [5.74, 6) is 0.649. The van der Waals surface area contributed by atoms with Crippen molar-refractivity contribution >= 4 is 5.91 Å². The van der Waals surface area contributed by atoms with E-state index in [4.69, 9.17) is 4.74 Å². The molecule has 4 nitrogen and oxygen atoms in total. The molecule has 3 rings (SSSR count). The molecule has 2 aliphatic rings. The van der Waals surface area contributed by atoms with Crippen LogP contribution in [-0.4, -0.2) is 43.2 Å². The molecule has 20 heavy (non-hydrogen) atoms. The summed E-state index contributed by atoms with van der Waals surface area (Å²) < 4.78 is 5.73. The third-order valence-corrected chi connectivity index (χ3v) is 4.29. The number of carbonyl (C=O) groups excluding carboxylic acids is 1. The quantitative estimate of drug-likeness (QED) is 0.904. The average Bonchev–Trinajstić information content (AvgIpc) is 2.98. The van der Waals surface area contributed by atoms with Gasteiger partial charge in [0.2, 0.25) is 5.91 Å². The average molecular weight is 274 g/mol. The van der Waals surface area contributed by atoms with Gasteiger partial charge in [0.1, 0.15) is 6.61 Å². The van der Waals surface area contributed by atoms with Crippen molar-refractivity contribution in [2.24, 2.45) is 5.92 Å². The molecule has 2 fully saturated rings. The number of morpholine rings is 1. The van der Waals surface area contributed by atoms with Crippen LogP contribution in [0.4, 0.5) is 0 Å². The Bertz CT molecular complexity index is 466. The Morgan fingerprint density at radius 2 is 2.15 bits per heavy atom. The number of amides is 1. The number of aryl methyl sites for hydroxylation is 1. The van der Waals surface area contributed by atoms with Gasteiger partial charge in [-0.2, -0.15) is 0 Å². The van der Waals surface area contributed by atoms with Crippen LogP contribution >= 0.6 is 0 Å². The van der Waals surface area contributed by atoms with E-state index < -0.39 is 0 Å². The summed E-state index contributed by atoms with van der Waals surface area (Å²) in [6.45, 7) is 5.80. The van der Waals surface area contributed by atoms with Crippen molar-refractivity contribution < 1.29 is 9.53 Å². The van der Waals surface area contributed by atoms with Crippen molar-refractivity contribution in [3.63, 3.8) is 0 Å². The molecule has 0 radical (unpaired) electrons. The largest absolute Gasteiger partial charge is 0.366 e. The second kappa shape index (κ2) is 5.94. The maximum Gasteiger partial charge on any atom is 0.248 e. The molecule has 1 N–H and O–H groups in total. The molecule has 1 amide bonds. The molecule has 2 saturated heterocycles. The van der Waals surface area contributed by atoms with Gasteiger partial charge in [-0.05, 0) is 25.5 Å². The fourth-order valence-corrected chi connectivity index (χ4v) is 2.99. The van der Waals surface area contributed by atoms with Crippen molar-refractivity contribution in [1.29, 1.82) is 0 Å². The molecular weight excluding hydrogens is 252 g/mol. The summed E-state index contributed by atoms with van der Waals surface area (Å²) in [5.41, 5.74) is 2.44. The van der Waals surface area contributed by atoms with Crippen molar-refractivity contribution in [2.45, 2.75) is 26.0 Å². The SMILES string of the molecule is Cc1ccc(CN2CC(C3CCNC3)OCC2=O)cc1. The first-order valence-corrected chi connectivity index (χ1v) is 7.38. The second-order valence-corrected chi connectivity index (χ2v) is 5.86. The lowest BCUT2D eigenvalue weighted by Gasteiger charge is -2.35. The minimum Gasteiger partial charge on any atom is -0.366 e. The number of hydrogen-bond donors (Lipinski definition) is 1. The lowest BCUT2D eigenvalue weighted by atomic mass is 9.99. The Morgan fingerprint density at radius 3 is 2.85 bits per heavy atom. The zero-order valence-corrected chi connectivity index (χ0v) is 12.0. The van der Waals surface area contributed by atoms with E-state index in [1.54, 1.807) is 0 Å². The maximum atomic E-state index is 12.0. The van der Waals surface area contributed by atoms with E-state index in [0.29, 0.717) is 12.5 Å². The van der Waals surface area contributed by atoms with Crippen LogP contribution in [0.5, 0.6) is 0 Å². The molecule has 0 saturated carbocycles. The smallest absolute Gasteiger partial charge is 0.248 e. The fraction of sp³-hybridized carbons (Fsp3) is 0.562. The van der Waals surface area contributed by atoms with Crippen LogP contribution in [0.3, 0.4) is 0 Å². The zero-order chi connectivity index (χ0) is 13.9. The summed E-state index contributed by atoms with van der Waals surface area (Å²) in [6.07, 6.45) is 1.34. The minimum atomic E-state index is 0.104. The first-order chi connectivity index (χ1) is 9.72. The van der Waals surface area contributed by atoms with Crippen LogP contribution in [0, 0.1) is 12.8 Å². The van der Waals surface area contributed by atoms with Gasteiger partial charge in [0.25, 0.3) is 0 Å². The molecule has 4 heteroatoms. The van der Waals surface area contributed by atoms with Crippen LogP contribution in [0.25, 0.3) is 0 Å². The zero-order valence-electron chi connectivity index (χ0n) is 12.0. The maximum absolute atomic E-state index is 12.0. The van der Waals surface area contributed by atoms with E-state index in [2.05, 4.69) is 36.5 Å². The minimum absolute atomic E-state index is 0.104. The van der Waals surface area contributed by atoms with Crippen LogP contribution in [0.1, 0.15) is 17.5 Å². The lowest BCUT2D eigenvalue weighted by Crippen LogP contribution is -2.49. The second-order valence-electron chi connectivity index (χ2n) is 5.86. The highest BCUT2D eigenvalue weighted by Gasteiger charge is 2.33. The van der Waals surface area contributed by atoms with Crippen molar-refractivity contribution in [2.75, 3.05) is 26.2 Å². The van der Waals surface area contributed by atoms with E-state index in [1.807, 2.05) is 4.90 Å². The molecule has 0 bridgehead atoms. The van der Waals surface area contributed by atoms with Crippen molar-refractivity contribution in [1.82, 2.24) is 10.2 Å². The Balaban J connectivity index is 1.64. The summed E-state index contributed by atoms with van der Waals surface area (Å²) in [6, 6.07) is 8.39. The highest BCUT2D eigenvalue weighted by Crippen LogP contribution is 2.21. The molecule has 1 aromatic carbocycles. The highest BCUT2D eigenvalue weighted by atomic mass is 16.5. The fourth-order valence-electron chi connectivity index (χ4n) is 2.99. The number of benzene rings is 1. The van der Waals surface area contributed by atoms with E-state index >= 15 is 0 Å². The molecule has 2 unspecified atom stereocenters.